The molecule has 0 saturated carbocycles. The van der Waals surface area contributed by atoms with Gasteiger partial charge >= 0.3 is 0 Å². The molecule has 0 radical (unpaired) electrons. The van der Waals surface area contributed by atoms with Crippen LogP contribution in [0.5, 0.6) is 0 Å². The van der Waals surface area contributed by atoms with Crippen LogP contribution in [-0.4, -0.2) is 38.0 Å². The van der Waals surface area contributed by atoms with E-state index in [2.05, 4.69) is 26.1 Å². The van der Waals surface area contributed by atoms with E-state index in [1.165, 1.54) is 0 Å². The second kappa shape index (κ2) is 3.73. The predicted octanol–water partition coefficient (Wildman–Crippen LogP) is 0.788. The fourth-order valence-corrected chi connectivity index (χ4v) is 1.53. The van der Waals surface area contributed by atoms with Gasteiger partial charge in [-0.15, -0.1) is 0 Å². The highest BCUT2D eigenvalue weighted by molar-refractivity contribution is 4.87. The average molecular weight is 173 g/mol. The summed E-state index contributed by atoms with van der Waals surface area (Å²) in [5.41, 5.74) is -0.152. The van der Waals surface area contributed by atoms with Crippen molar-refractivity contribution in [3.8, 4) is 0 Å². The van der Waals surface area contributed by atoms with E-state index < -0.39 is 0 Å². The van der Waals surface area contributed by atoms with Crippen molar-refractivity contribution >= 4 is 0 Å². The van der Waals surface area contributed by atoms with E-state index in [4.69, 9.17) is 9.47 Å². The van der Waals surface area contributed by atoms with Gasteiger partial charge in [0.1, 0.15) is 5.60 Å². The molecule has 72 valence electrons. The molecule has 1 rings (SSSR count). The van der Waals surface area contributed by atoms with Gasteiger partial charge in [-0.1, -0.05) is 0 Å². The highest BCUT2D eigenvalue weighted by atomic mass is 16.5. The molecule has 0 aromatic heterocycles. The molecule has 0 aromatic rings. The van der Waals surface area contributed by atoms with Gasteiger partial charge in [-0.05, 0) is 20.8 Å². The maximum Gasteiger partial charge on any atom is 0.101 e. The average Bonchev–Trinajstić information content (AvgIpc) is 1.98. The smallest absolute Gasteiger partial charge is 0.101 e. The van der Waals surface area contributed by atoms with Crippen molar-refractivity contribution in [3.05, 3.63) is 0 Å². The fourth-order valence-electron chi connectivity index (χ4n) is 1.53. The number of nitrogens with one attached hydrogen (secondary N) is 1. The topological polar surface area (TPSA) is 30.5 Å². The Morgan fingerprint density at radius 1 is 1.58 bits per heavy atom. The van der Waals surface area contributed by atoms with Gasteiger partial charge in [-0.3, -0.25) is 0 Å². The van der Waals surface area contributed by atoms with Gasteiger partial charge in [0.15, 0.2) is 0 Å². The van der Waals surface area contributed by atoms with Gasteiger partial charge in [-0.25, -0.2) is 0 Å². The SMILES string of the molecule is COCC1(C)CNC(C)C(C)O1. The first kappa shape index (κ1) is 9.96. The van der Waals surface area contributed by atoms with Crippen molar-refractivity contribution in [1.82, 2.24) is 5.32 Å². The van der Waals surface area contributed by atoms with Crippen LogP contribution in [0.1, 0.15) is 20.8 Å². The summed E-state index contributed by atoms with van der Waals surface area (Å²) >= 11 is 0. The molecule has 0 spiro atoms. The van der Waals surface area contributed by atoms with Crippen molar-refractivity contribution < 1.29 is 9.47 Å². The summed E-state index contributed by atoms with van der Waals surface area (Å²) in [6.45, 7) is 7.82. The summed E-state index contributed by atoms with van der Waals surface area (Å²) in [5.74, 6) is 0. The minimum atomic E-state index is -0.152. The number of methoxy groups -OCH3 is 1. The third kappa shape index (κ3) is 2.19. The molecule has 1 saturated heterocycles. The van der Waals surface area contributed by atoms with Crippen LogP contribution in [-0.2, 0) is 9.47 Å². The van der Waals surface area contributed by atoms with Gasteiger partial charge in [0, 0.05) is 19.7 Å². The van der Waals surface area contributed by atoms with Crippen molar-refractivity contribution in [3.63, 3.8) is 0 Å². The minimum Gasteiger partial charge on any atom is -0.382 e. The first-order valence-corrected chi connectivity index (χ1v) is 4.47. The third-order valence-corrected chi connectivity index (χ3v) is 2.42. The molecule has 0 amide bonds. The van der Waals surface area contributed by atoms with Gasteiger partial charge in [0.25, 0.3) is 0 Å². The number of morpholine rings is 1. The molecule has 3 heteroatoms. The summed E-state index contributed by atoms with van der Waals surface area (Å²) in [6, 6.07) is 0.440. The zero-order valence-electron chi connectivity index (χ0n) is 8.39. The largest absolute Gasteiger partial charge is 0.382 e. The summed E-state index contributed by atoms with van der Waals surface area (Å²) in [5, 5.41) is 3.40. The molecule has 0 bridgehead atoms. The molecule has 3 unspecified atom stereocenters. The molecular weight excluding hydrogens is 154 g/mol. The summed E-state index contributed by atoms with van der Waals surface area (Å²) in [4.78, 5) is 0. The van der Waals surface area contributed by atoms with Crippen LogP contribution in [0, 0.1) is 0 Å². The Bertz CT molecular complexity index is 151. The van der Waals surface area contributed by atoms with Gasteiger partial charge in [0.05, 0.1) is 12.7 Å². The molecular formula is C9H19NO2. The van der Waals surface area contributed by atoms with Gasteiger partial charge in [-0.2, -0.15) is 0 Å². The Morgan fingerprint density at radius 3 is 2.75 bits per heavy atom. The second-order valence-electron chi connectivity index (χ2n) is 3.88. The van der Waals surface area contributed by atoms with Crippen LogP contribution in [0.15, 0.2) is 0 Å². The molecule has 3 atom stereocenters. The quantitative estimate of drug-likeness (QED) is 0.669. The molecule has 0 aliphatic carbocycles. The second-order valence-corrected chi connectivity index (χ2v) is 3.88. The van der Waals surface area contributed by atoms with Crippen LogP contribution >= 0.6 is 0 Å². The maximum atomic E-state index is 5.84. The summed E-state index contributed by atoms with van der Waals surface area (Å²) < 4.78 is 10.9. The lowest BCUT2D eigenvalue weighted by atomic mass is 10.0. The highest BCUT2D eigenvalue weighted by Gasteiger charge is 2.34. The number of rotatable bonds is 2. The van der Waals surface area contributed by atoms with E-state index in [9.17, 15) is 0 Å². The van der Waals surface area contributed by atoms with E-state index in [-0.39, 0.29) is 11.7 Å². The van der Waals surface area contributed by atoms with E-state index in [0.717, 1.165) is 6.54 Å². The zero-order chi connectivity index (χ0) is 9.19. The van der Waals surface area contributed by atoms with Crippen LogP contribution < -0.4 is 5.32 Å². The van der Waals surface area contributed by atoms with E-state index >= 15 is 0 Å². The third-order valence-electron chi connectivity index (χ3n) is 2.42. The highest BCUT2D eigenvalue weighted by Crippen LogP contribution is 2.19. The fraction of sp³-hybridized carbons (Fsp3) is 1.00. The Kier molecular flexibility index (Phi) is 3.09. The first-order valence-electron chi connectivity index (χ1n) is 4.47. The summed E-state index contributed by atoms with van der Waals surface area (Å²) in [6.07, 6.45) is 0.263. The molecule has 1 fully saturated rings. The zero-order valence-corrected chi connectivity index (χ0v) is 8.39. The number of ether oxygens (including phenoxy) is 2. The number of hydrogen-bond acceptors (Lipinski definition) is 3. The lowest BCUT2D eigenvalue weighted by Gasteiger charge is -2.41. The van der Waals surface area contributed by atoms with Crippen molar-refractivity contribution in [2.45, 2.75) is 38.5 Å². The molecule has 1 heterocycles. The van der Waals surface area contributed by atoms with Crippen molar-refractivity contribution in [2.75, 3.05) is 20.3 Å². The Labute approximate surface area is 74.4 Å². The van der Waals surface area contributed by atoms with Crippen molar-refractivity contribution in [1.29, 1.82) is 0 Å². The molecule has 3 nitrogen and oxygen atoms in total. The Morgan fingerprint density at radius 2 is 2.25 bits per heavy atom. The molecule has 1 N–H and O–H groups in total. The van der Waals surface area contributed by atoms with Gasteiger partial charge < -0.3 is 14.8 Å². The maximum absolute atomic E-state index is 5.84. The Balaban J connectivity index is 2.48. The molecule has 1 aliphatic heterocycles. The number of hydrogen-bond donors (Lipinski definition) is 1. The molecule has 1 aliphatic rings. The summed E-state index contributed by atoms with van der Waals surface area (Å²) in [7, 11) is 1.71. The molecule has 12 heavy (non-hydrogen) atoms. The van der Waals surface area contributed by atoms with Crippen LogP contribution in [0.25, 0.3) is 0 Å². The standard InChI is InChI=1S/C9H19NO2/c1-7-8(2)12-9(3,5-10-7)6-11-4/h7-8,10H,5-6H2,1-4H3. The van der Waals surface area contributed by atoms with Crippen LogP contribution in [0.2, 0.25) is 0 Å². The van der Waals surface area contributed by atoms with Crippen LogP contribution in [0.4, 0.5) is 0 Å². The van der Waals surface area contributed by atoms with E-state index in [1.807, 2.05) is 0 Å². The normalized spacial score (nSPS) is 43.0. The Hall–Kier alpha value is -0.120. The van der Waals surface area contributed by atoms with Crippen molar-refractivity contribution in [2.24, 2.45) is 0 Å². The minimum absolute atomic E-state index is 0.152. The van der Waals surface area contributed by atoms with Crippen LogP contribution in [0.3, 0.4) is 0 Å². The monoisotopic (exact) mass is 173 g/mol. The molecule has 0 aromatic carbocycles. The lowest BCUT2D eigenvalue weighted by Crippen LogP contribution is -2.57. The van der Waals surface area contributed by atoms with Gasteiger partial charge in [0.2, 0.25) is 0 Å². The van der Waals surface area contributed by atoms with E-state index in [1.54, 1.807) is 7.11 Å². The first-order chi connectivity index (χ1) is 5.57. The predicted molar refractivity (Wildman–Crippen MR) is 48.3 cm³/mol. The lowest BCUT2D eigenvalue weighted by molar-refractivity contribution is -0.141. The van der Waals surface area contributed by atoms with E-state index in [0.29, 0.717) is 12.6 Å².